The average Bonchev–Trinajstić information content (AvgIpc) is 2.61. The molecule has 0 heterocycles. The molecule has 3 N–H and O–H groups in total. The minimum Gasteiger partial charge on any atom is -0.497 e. The molecule has 0 aliphatic rings. The number of benzene rings is 2. The smallest absolute Gasteiger partial charge is 0.292 e. The van der Waals surface area contributed by atoms with Crippen molar-refractivity contribution in [3.8, 4) is 5.75 Å². The van der Waals surface area contributed by atoms with E-state index in [9.17, 15) is 19.7 Å². The van der Waals surface area contributed by atoms with Crippen molar-refractivity contribution < 1.29 is 24.1 Å². The van der Waals surface area contributed by atoms with Crippen LogP contribution in [-0.2, 0) is 9.59 Å². The molecule has 0 aliphatic heterocycles. The summed E-state index contributed by atoms with van der Waals surface area (Å²) in [6.07, 6.45) is 0. The van der Waals surface area contributed by atoms with E-state index < -0.39 is 10.8 Å². The van der Waals surface area contributed by atoms with Crippen LogP contribution in [0.25, 0.3) is 0 Å². The summed E-state index contributed by atoms with van der Waals surface area (Å²) in [6, 6.07) is 12.8. The van der Waals surface area contributed by atoms with Crippen LogP contribution in [-0.4, -0.2) is 44.0 Å². The van der Waals surface area contributed by atoms with Crippen LogP contribution in [0.2, 0.25) is 0 Å². The summed E-state index contributed by atoms with van der Waals surface area (Å²) < 4.78 is 5.10. The van der Waals surface area contributed by atoms with Gasteiger partial charge in [0.25, 0.3) is 17.5 Å². The van der Waals surface area contributed by atoms with Gasteiger partial charge < -0.3 is 20.3 Å². The Morgan fingerprint density at radius 2 is 1.74 bits per heavy atom. The molecule has 0 saturated carbocycles. The molecule has 0 saturated heterocycles. The first-order chi connectivity index (χ1) is 12.9. The summed E-state index contributed by atoms with van der Waals surface area (Å²) >= 11 is 0. The predicted molar refractivity (Wildman–Crippen MR) is 100.0 cm³/mol. The Morgan fingerprint density at radius 3 is 2.41 bits per heavy atom. The first-order valence-electron chi connectivity index (χ1n) is 8.17. The van der Waals surface area contributed by atoms with Crippen molar-refractivity contribution in [2.24, 2.45) is 0 Å². The maximum Gasteiger partial charge on any atom is 0.292 e. The highest BCUT2D eigenvalue weighted by molar-refractivity contribution is 5.94. The molecule has 0 aliphatic carbocycles. The number of para-hydroxylation sites is 2. The normalized spacial score (nSPS) is 11.3. The number of anilines is 2. The number of nitro benzene ring substituents is 1. The van der Waals surface area contributed by atoms with E-state index in [0.717, 1.165) is 0 Å². The number of nitrogens with zero attached hydrogens (tertiary/aromatic N) is 1. The molecule has 2 aromatic carbocycles. The second-order valence-electron chi connectivity index (χ2n) is 5.91. The van der Waals surface area contributed by atoms with Crippen molar-refractivity contribution in [1.82, 2.24) is 0 Å². The number of nitro groups is 1. The number of carbonyl (C=O) groups excluding carboxylic acids is 2. The fourth-order valence-corrected chi connectivity index (χ4v) is 2.45. The Morgan fingerprint density at radius 1 is 1.07 bits per heavy atom. The van der Waals surface area contributed by atoms with Crippen LogP contribution >= 0.6 is 0 Å². The maximum atomic E-state index is 12.1. The molecule has 1 unspecified atom stereocenters. The highest BCUT2D eigenvalue weighted by Gasteiger charge is 2.18. The molecule has 0 fully saturated rings. The van der Waals surface area contributed by atoms with E-state index in [-0.39, 0.29) is 30.4 Å². The van der Waals surface area contributed by atoms with Gasteiger partial charge in [-0.3, -0.25) is 19.7 Å². The number of ether oxygens (including phenoxy) is 1. The number of hydrogen-bond acceptors (Lipinski definition) is 5. The summed E-state index contributed by atoms with van der Waals surface area (Å²) in [4.78, 5) is 35.3. The molecule has 0 spiro atoms. The average molecular weight is 373 g/mol. The monoisotopic (exact) mass is 373 g/mol. The number of methoxy groups -OCH3 is 1. The van der Waals surface area contributed by atoms with Gasteiger partial charge in [0, 0.05) is 17.8 Å². The van der Waals surface area contributed by atoms with Gasteiger partial charge in [0.1, 0.15) is 11.4 Å². The van der Waals surface area contributed by atoms with Gasteiger partial charge in [-0.1, -0.05) is 18.2 Å². The standard InChI is InChI=1S/C18H20N4O5/c1-21(11-17(23)19-13-6-5-7-14(10-13)27-2)12-18(24)20-15-8-3-4-9-16(15)22(25)26/h3-10H,11-12H2,1-2H3,(H,19,23)(H,20,24)/p+1. The van der Waals surface area contributed by atoms with E-state index in [4.69, 9.17) is 4.74 Å². The lowest BCUT2D eigenvalue weighted by Crippen LogP contribution is -3.11. The minimum absolute atomic E-state index is 0.0163. The van der Waals surface area contributed by atoms with Gasteiger partial charge in [-0.2, -0.15) is 0 Å². The van der Waals surface area contributed by atoms with Crippen LogP contribution in [0.5, 0.6) is 5.75 Å². The number of likely N-dealkylation sites (N-methyl/N-ethyl adjacent to an activating group) is 1. The van der Waals surface area contributed by atoms with Gasteiger partial charge in [0.05, 0.1) is 19.1 Å². The van der Waals surface area contributed by atoms with Gasteiger partial charge in [0.15, 0.2) is 13.1 Å². The number of rotatable bonds is 8. The zero-order valence-corrected chi connectivity index (χ0v) is 15.0. The molecule has 1 atom stereocenters. The molecule has 0 radical (unpaired) electrons. The Balaban J connectivity index is 1.87. The molecule has 2 rings (SSSR count). The molecular formula is C18H21N4O5+. The van der Waals surface area contributed by atoms with Crippen LogP contribution in [0, 0.1) is 10.1 Å². The highest BCUT2D eigenvalue weighted by atomic mass is 16.6. The Labute approximate surface area is 156 Å². The van der Waals surface area contributed by atoms with Crippen molar-refractivity contribution >= 4 is 28.9 Å². The zero-order chi connectivity index (χ0) is 19.8. The molecule has 2 amide bonds. The van der Waals surface area contributed by atoms with E-state index in [1.807, 2.05) is 0 Å². The predicted octanol–water partition coefficient (Wildman–Crippen LogP) is 0.695. The summed E-state index contributed by atoms with van der Waals surface area (Å²) in [5.41, 5.74) is 0.539. The quantitative estimate of drug-likeness (QED) is 0.465. The van der Waals surface area contributed by atoms with Crippen LogP contribution in [0.3, 0.4) is 0 Å². The number of nitrogens with one attached hydrogen (secondary N) is 3. The largest absolute Gasteiger partial charge is 0.497 e. The summed E-state index contributed by atoms with van der Waals surface area (Å²) in [5.74, 6) is -0.0624. The summed E-state index contributed by atoms with van der Waals surface area (Å²) in [6.45, 7) is 0.0408. The molecule has 2 aromatic rings. The lowest BCUT2D eigenvalue weighted by molar-refractivity contribution is -0.862. The fraction of sp³-hybridized carbons (Fsp3) is 0.222. The third-order valence-corrected chi connectivity index (χ3v) is 3.65. The number of carbonyl (C=O) groups is 2. The van der Waals surface area contributed by atoms with Gasteiger partial charge in [0.2, 0.25) is 0 Å². The van der Waals surface area contributed by atoms with Crippen molar-refractivity contribution in [2.75, 3.05) is 37.9 Å². The number of amides is 2. The SMILES string of the molecule is COc1cccc(NC(=O)C[NH+](C)CC(=O)Nc2ccccc2[N+](=O)[O-])c1. The fourth-order valence-electron chi connectivity index (χ4n) is 2.45. The number of quaternary nitrogens is 1. The van der Waals surface area contributed by atoms with E-state index in [1.54, 1.807) is 37.4 Å². The first kappa shape index (κ1) is 19.9. The highest BCUT2D eigenvalue weighted by Crippen LogP contribution is 2.22. The van der Waals surface area contributed by atoms with E-state index >= 15 is 0 Å². The molecular weight excluding hydrogens is 352 g/mol. The molecule has 0 aromatic heterocycles. The van der Waals surface area contributed by atoms with E-state index in [0.29, 0.717) is 16.3 Å². The lowest BCUT2D eigenvalue weighted by Gasteiger charge is -2.14. The van der Waals surface area contributed by atoms with Gasteiger partial charge >= 0.3 is 0 Å². The molecule has 142 valence electrons. The molecule has 27 heavy (non-hydrogen) atoms. The van der Waals surface area contributed by atoms with Crippen molar-refractivity contribution in [1.29, 1.82) is 0 Å². The topological polar surface area (TPSA) is 115 Å². The van der Waals surface area contributed by atoms with Crippen LogP contribution in [0.15, 0.2) is 48.5 Å². The van der Waals surface area contributed by atoms with Gasteiger partial charge in [-0.05, 0) is 18.2 Å². The second-order valence-corrected chi connectivity index (χ2v) is 5.91. The van der Waals surface area contributed by atoms with E-state index in [1.165, 1.54) is 25.3 Å². The lowest BCUT2D eigenvalue weighted by atomic mass is 10.2. The third kappa shape index (κ3) is 6.08. The first-order valence-corrected chi connectivity index (χ1v) is 8.17. The summed E-state index contributed by atoms with van der Waals surface area (Å²) in [5, 5.41) is 16.2. The Bertz CT molecular complexity index is 840. The van der Waals surface area contributed by atoms with Gasteiger partial charge in [-0.15, -0.1) is 0 Å². The molecule has 9 heteroatoms. The van der Waals surface area contributed by atoms with Gasteiger partial charge in [-0.25, -0.2) is 0 Å². The molecule has 9 nitrogen and oxygen atoms in total. The molecule has 0 bridgehead atoms. The van der Waals surface area contributed by atoms with Crippen LogP contribution < -0.4 is 20.3 Å². The maximum absolute atomic E-state index is 12.1. The summed E-state index contributed by atoms with van der Waals surface area (Å²) in [7, 11) is 3.22. The third-order valence-electron chi connectivity index (χ3n) is 3.65. The van der Waals surface area contributed by atoms with Crippen molar-refractivity contribution in [3.63, 3.8) is 0 Å². The van der Waals surface area contributed by atoms with Crippen LogP contribution in [0.1, 0.15) is 0 Å². The van der Waals surface area contributed by atoms with Crippen LogP contribution in [0.4, 0.5) is 17.1 Å². The zero-order valence-electron chi connectivity index (χ0n) is 15.0. The van der Waals surface area contributed by atoms with Crippen molar-refractivity contribution in [2.45, 2.75) is 0 Å². The minimum atomic E-state index is -0.562. The van der Waals surface area contributed by atoms with Crippen molar-refractivity contribution in [3.05, 3.63) is 58.6 Å². The second kappa shape index (κ2) is 9.30. The van der Waals surface area contributed by atoms with E-state index in [2.05, 4.69) is 10.6 Å². The number of hydrogen-bond donors (Lipinski definition) is 3. The Hall–Kier alpha value is -3.46. The Kier molecular flexibility index (Phi) is 6.84.